The van der Waals surface area contributed by atoms with Gasteiger partial charge in [0.25, 0.3) is 0 Å². The molecule has 2 heterocycles. The molecule has 18 heavy (non-hydrogen) atoms. The fourth-order valence-corrected chi connectivity index (χ4v) is 2.30. The van der Waals surface area contributed by atoms with Gasteiger partial charge >= 0.3 is 0 Å². The zero-order chi connectivity index (χ0) is 12.8. The van der Waals surface area contributed by atoms with Gasteiger partial charge in [-0.05, 0) is 25.5 Å². The first-order valence-electron chi connectivity index (χ1n) is 6.75. The van der Waals surface area contributed by atoms with Gasteiger partial charge in [0.15, 0.2) is 0 Å². The Hall–Kier alpha value is -0.910. The molecule has 1 aliphatic heterocycles. The average Bonchev–Trinajstić information content (AvgIpc) is 2.76. The van der Waals surface area contributed by atoms with Crippen LogP contribution in [-0.4, -0.2) is 60.1 Å². The first kappa shape index (κ1) is 13.5. The normalized spacial score (nSPS) is 19.0. The van der Waals surface area contributed by atoms with Crippen molar-refractivity contribution in [3.63, 3.8) is 0 Å². The molecule has 5 heteroatoms. The van der Waals surface area contributed by atoms with Crippen LogP contribution in [0.1, 0.15) is 12.5 Å². The Labute approximate surface area is 109 Å². The number of hydrogen-bond donors (Lipinski definition) is 1. The Balaban J connectivity index is 1.60. The molecule has 1 aromatic heterocycles. The van der Waals surface area contributed by atoms with Crippen LogP contribution in [0.3, 0.4) is 0 Å². The average molecular weight is 252 g/mol. The molecule has 0 bridgehead atoms. The number of ether oxygens (including phenoxy) is 1. The van der Waals surface area contributed by atoms with E-state index in [1.165, 1.54) is 5.56 Å². The molecule has 5 nitrogen and oxygen atoms in total. The number of nitrogens with one attached hydrogen (secondary N) is 1. The van der Waals surface area contributed by atoms with E-state index in [1.54, 1.807) is 0 Å². The van der Waals surface area contributed by atoms with Crippen molar-refractivity contribution in [2.45, 2.75) is 19.4 Å². The molecular weight excluding hydrogens is 228 g/mol. The molecule has 1 unspecified atom stereocenters. The van der Waals surface area contributed by atoms with Gasteiger partial charge in [-0.3, -0.25) is 9.58 Å². The summed E-state index contributed by atoms with van der Waals surface area (Å²) in [5.74, 6) is 0. The van der Waals surface area contributed by atoms with E-state index in [0.717, 1.165) is 45.8 Å². The third kappa shape index (κ3) is 4.40. The summed E-state index contributed by atoms with van der Waals surface area (Å²) < 4.78 is 7.20. The van der Waals surface area contributed by atoms with E-state index in [9.17, 15) is 0 Å². The lowest BCUT2D eigenvalue weighted by molar-refractivity contribution is 0.0344. The Morgan fingerprint density at radius 2 is 2.22 bits per heavy atom. The van der Waals surface area contributed by atoms with Crippen molar-refractivity contribution in [1.82, 2.24) is 20.0 Å². The number of hydrogen-bond acceptors (Lipinski definition) is 4. The van der Waals surface area contributed by atoms with Crippen LogP contribution >= 0.6 is 0 Å². The molecule has 1 saturated heterocycles. The van der Waals surface area contributed by atoms with Crippen molar-refractivity contribution in [2.75, 3.05) is 39.4 Å². The second-order valence-electron chi connectivity index (χ2n) is 5.04. The largest absolute Gasteiger partial charge is 0.379 e. The SMILES string of the molecule is CC(CN1CCOCC1)NCCc1cnn(C)c1. The third-order valence-electron chi connectivity index (χ3n) is 3.30. The van der Waals surface area contributed by atoms with Gasteiger partial charge in [0, 0.05) is 38.9 Å². The van der Waals surface area contributed by atoms with Gasteiger partial charge in [-0.2, -0.15) is 5.10 Å². The zero-order valence-electron chi connectivity index (χ0n) is 11.4. The van der Waals surface area contributed by atoms with Gasteiger partial charge in [0.1, 0.15) is 0 Å². The summed E-state index contributed by atoms with van der Waals surface area (Å²) in [7, 11) is 1.96. The van der Waals surface area contributed by atoms with E-state index in [0.29, 0.717) is 6.04 Å². The fourth-order valence-electron chi connectivity index (χ4n) is 2.30. The van der Waals surface area contributed by atoms with Crippen molar-refractivity contribution in [3.8, 4) is 0 Å². The zero-order valence-corrected chi connectivity index (χ0v) is 11.4. The Morgan fingerprint density at radius 1 is 1.44 bits per heavy atom. The monoisotopic (exact) mass is 252 g/mol. The van der Waals surface area contributed by atoms with Crippen molar-refractivity contribution in [1.29, 1.82) is 0 Å². The Morgan fingerprint density at radius 3 is 2.89 bits per heavy atom. The third-order valence-corrected chi connectivity index (χ3v) is 3.30. The van der Waals surface area contributed by atoms with Crippen LogP contribution in [0.4, 0.5) is 0 Å². The predicted molar refractivity (Wildman–Crippen MR) is 71.6 cm³/mol. The molecule has 1 aromatic rings. The highest BCUT2D eigenvalue weighted by Crippen LogP contribution is 2.00. The number of aromatic nitrogens is 2. The van der Waals surface area contributed by atoms with Gasteiger partial charge in [-0.25, -0.2) is 0 Å². The van der Waals surface area contributed by atoms with E-state index in [-0.39, 0.29) is 0 Å². The second kappa shape index (κ2) is 6.87. The maximum atomic E-state index is 5.35. The number of aryl methyl sites for hydroxylation is 1. The van der Waals surface area contributed by atoms with E-state index < -0.39 is 0 Å². The fraction of sp³-hybridized carbons (Fsp3) is 0.769. The molecule has 1 fully saturated rings. The van der Waals surface area contributed by atoms with Crippen LogP contribution in [0.2, 0.25) is 0 Å². The molecule has 0 aliphatic carbocycles. The summed E-state index contributed by atoms with van der Waals surface area (Å²) in [6, 6.07) is 0.528. The minimum atomic E-state index is 0.528. The summed E-state index contributed by atoms with van der Waals surface area (Å²) in [4.78, 5) is 2.46. The van der Waals surface area contributed by atoms with E-state index >= 15 is 0 Å². The summed E-state index contributed by atoms with van der Waals surface area (Å²) in [5, 5.41) is 7.74. The molecule has 1 atom stereocenters. The molecule has 0 spiro atoms. The van der Waals surface area contributed by atoms with Crippen molar-refractivity contribution in [2.24, 2.45) is 7.05 Å². The lowest BCUT2D eigenvalue weighted by Crippen LogP contribution is -2.44. The highest BCUT2D eigenvalue weighted by atomic mass is 16.5. The van der Waals surface area contributed by atoms with E-state index in [2.05, 4.69) is 28.4 Å². The molecule has 1 aliphatic rings. The van der Waals surface area contributed by atoms with E-state index in [1.807, 2.05) is 17.9 Å². The number of morpholine rings is 1. The van der Waals surface area contributed by atoms with Crippen LogP contribution in [-0.2, 0) is 18.2 Å². The molecule has 102 valence electrons. The highest BCUT2D eigenvalue weighted by Gasteiger charge is 2.13. The van der Waals surface area contributed by atoms with Gasteiger partial charge < -0.3 is 10.1 Å². The standard InChI is InChI=1S/C13H24N4O/c1-12(10-17-5-7-18-8-6-17)14-4-3-13-9-15-16(2)11-13/h9,11-12,14H,3-8,10H2,1-2H3. The minimum Gasteiger partial charge on any atom is -0.379 e. The molecule has 0 saturated carbocycles. The summed E-state index contributed by atoms with van der Waals surface area (Å²) in [5.41, 5.74) is 1.29. The van der Waals surface area contributed by atoms with Crippen molar-refractivity contribution >= 4 is 0 Å². The quantitative estimate of drug-likeness (QED) is 0.789. The Bertz CT molecular complexity index is 347. The Kier molecular flexibility index (Phi) is 5.16. The predicted octanol–water partition coefficient (Wildman–Crippen LogP) is 0.273. The van der Waals surface area contributed by atoms with E-state index in [4.69, 9.17) is 4.74 Å². The first-order valence-corrected chi connectivity index (χ1v) is 6.75. The molecule has 0 aromatic carbocycles. The van der Waals surface area contributed by atoms with Gasteiger partial charge in [-0.1, -0.05) is 0 Å². The smallest absolute Gasteiger partial charge is 0.0594 e. The van der Waals surface area contributed by atoms with Gasteiger partial charge in [-0.15, -0.1) is 0 Å². The van der Waals surface area contributed by atoms with Crippen LogP contribution < -0.4 is 5.32 Å². The van der Waals surface area contributed by atoms with Crippen molar-refractivity contribution < 1.29 is 4.74 Å². The topological polar surface area (TPSA) is 42.3 Å². The van der Waals surface area contributed by atoms with Crippen molar-refractivity contribution in [3.05, 3.63) is 18.0 Å². The van der Waals surface area contributed by atoms with Crippen LogP contribution in [0.25, 0.3) is 0 Å². The lowest BCUT2D eigenvalue weighted by Gasteiger charge is -2.29. The maximum absolute atomic E-state index is 5.35. The van der Waals surface area contributed by atoms with Gasteiger partial charge in [0.05, 0.1) is 19.4 Å². The molecule has 0 radical (unpaired) electrons. The van der Waals surface area contributed by atoms with Crippen LogP contribution in [0, 0.1) is 0 Å². The molecular formula is C13H24N4O. The molecule has 0 amide bonds. The maximum Gasteiger partial charge on any atom is 0.0594 e. The van der Waals surface area contributed by atoms with Gasteiger partial charge in [0.2, 0.25) is 0 Å². The number of nitrogens with zero attached hydrogens (tertiary/aromatic N) is 3. The lowest BCUT2D eigenvalue weighted by atomic mass is 10.2. The number of rotatable bonds is 6. The highest BCUT2D eigenvalue weighted by molar-refractivity contribution is 5.03. The first-order chi connectivity index (χ1) is 8.74. The molecule has 2 rings (SSSR count). The second-order valence-corrected chi connectivity index (χ2v) is 5.04. The summed E-state index contributed by atoms with van der Waals surface area (Å²) in [6.07, 6.45) is 5.06. The summed E-state index contributed by atoms with van der Waals surface area (Å²) >= 11 is 0. The van der Waals surface area contributed by atoms with Crippen LogP contribution in [0.15, 0.2) is 12.4 Å². The minimum absolute atomic E-state index is 0.528. The van der Waals surface area contributed by atoms with Crippen LogP contribution in [0.5, 0.6) is 0 Å². The summed E-state index contributed by atoms with van der Waals surface area (Å²) in [6.45, 7) is 8.25. The molecule has 1 N–H and O–H groups in total.